The third-order valence-corrected chi connectivity index (χ3v) is 6.95. The van der Waals surface area contributed by atoms with Gasteiger partial charge < -0.3 is 14.6 Å². The summed E-state index contributed by atoms with van der Waals surface area (Å²) in [6.45, 7) is 2.35. The maximum absolute atomic E-state index is 15.1. The van der Waals surface area contributed by atoms with Gasteiger partial charge in [-0.05, 0) is 49.1 Å². The highest BCUT2D eigenvalue weighted by atomic mass is 35.5. The van der Waals surface area contributed by atoms with Gasteiger partial charge in [-0.15, -0.1) is 0 Å². The zero-order valence-electron chi connectivity index (χ0n) is 18.9. The standard InChI is InChI=1S/C25H23ClF2N4O3/c1-2-16(14-4-6-15(27)7-5-14)19-12-29-22(30-19)23(33)32-11-3-10-25(13-32)20-18(31-24(34)35-25)9-8-17(26)21(20)28/h4-9,12,16H,2-3,10-11,13H2,1H3,(H,29,30)(H,31,34)/t16?,25-/m0/s1. The van der Waals surface area contributed by atoms with Crippen LogP contribution in [0.1, 0.15) is 59.5 Å². The van der Waals surface area contributed by atoms with Crippen molar-refractivity contribution in [2.45, 2.75) is 37.7 Å². The van der Waals surface area contributed by atoms with E-state index < -0.39 is 17.5 Å². The predicted octanol–water partition coefficient (Wildman–Crippen LogP) is 5.58. The largest absolute Gasteiger partial charge is 0.436 e. The summed E-state index contributed by atoms with van der Waals surface area (Å²) in [7, 11) is 0. The average molecular weight is 501 g/mol. The first-order chi connectivity index (χ1) is 16.8. The van der Waals surface area contributed by atoms with Crippen LogP contribution in [0.15, 0.2) is 42.6 Å². The Balaban J connectivity index is 1.42. The number of halogens is 3. The third kappa shape index (κ3) is 4.14. The molecule has 2 N–H and O–H groups in total. The van der Waals surface area contributed by atoms with Gasteiger partial charge in [-0.25, -0.2) is 18.6 Å². The van der Waals surface area contributed by atoms with Crippen LogP contribution in [0.5, 0.6) is 0 Å². The molecular formula is C25H23ClF2N4O3. The SMILES string of the molecule is CCC(c1ccc(F)cc1)c1c[nH]c(C(=O)N2CCC[C@@]3(C2)OC(=O)Nc2ccc(Cl)c(F)c23)n1. The maximum Gasteiger partial charge on any atom is 0.412 e. The van der Waals surface area contributed by atoms with E-state index in [-0.39, 0.29) is 46.3 Å². The molecule has 2 aliphatic heterocycles. The summed E-state index contributed by atoms with van der Waals surface area (Å²) in [5, 5.41) is 2.42. The van der Waals surface area contributed by atoms with Crippen molar-refractivity contribution in [1.82, 2.24) is 14.9 Å². The number of ether oxygens (including phenoxy) is 1. The number of likely N-dealkylation sites (tertiary alicyclic amines) is 1. The van der Waals surface area contributed by atoms with Crippen LogP contribution in [-0.2, 0) is 10.3 Å². The van der Waals surface area contributed by atoms with Gasteiger partial charge in [-0.3, -0.25) is 10.1 Å². The molecule has 1 fully saturated rings. The molecule has 10 heteroatoms. The maximum atomic E-state index is 15.1. The first-order valence-electron chi connectivity index (χ1n) is 11.4. The van der Waals surface area contributed by atoms with Crippen LogP contribution in [0.3, 0.4) is 0 Å². The summed E-state index contributed by atoms with van der Waals surface area (Å²) < 4.78 is 34.1. The lowest BCUT2D eigenvalue weighted by atomic mass is 9.83. The second-order valence-corrected chi connectivity index (χ2v) is 9.22. The predicted molar refractivity (Wildman–Crippen MR) is 125 cm³/mol. The number of carbonyl (C=O) groups is 2. The number of aromatic amines is 1. The molecule has 2 atom stereocenters. The van der Waals surface area contributed by atoms with Gasteiger partial charge in [0, 0.05) is 18.7 Å². The van der Waals surface area contributed by atoms with Crippen LogP contribution >= 0.6 is 11.6 Å². The fourth-order valence-electron chi connectivity index (χ4n) is 5.03. The van der Waals surface area contributed by atoms with Crippen LogP contribution in [0.4, 0.5) is 19.3 Å². The molecule has 0 radical (unpaired) electrons. The van der Waals surface area contributed by atoms with Crippen molar-refractivity contribution in [1.29, 1.82) is 0 Å². The molecule has 0 saturated carbocycles. The van der Waals surface area contributed by atoms with Crippen molar-refractivity contribution in [3.8, 4) is 0 Å². The number of fused-ring (bicyclic) bond motifs is 2. The highest BCUT2D eigenvalue weighted by molar-refractivity contribution is 6.31. The smallest absolute Gasteiger partial charge is 0.412 e. The van der Waals surface area contributed by atoms with Gasteiger partial charge in [0.2, 0.25) is 0 Å². The molecule has 1 aromatic heterocycles. The molecule has 7 nitrogen and oxygen atoms in total. The Bertz CT molecular complexity index is 1300. The number of benzene rings is 2. The molecule has 182 valence electrons. The molecule has 35 heavy (non-hydrogen) atoms. The van der Waals surface area contributed by atoms with Gasteiger partial charge in [0.25, 0.3) is 5.91 Å². The number of H-pyrrole nitrogens is 1. The second kappa shape index (κ2) is 8.96. The Kier molecular flexibility index (Phi) is 5.96. The quantitative estimate of drug-likeness (QED) is 0.490. The zero-order chi connectivity index (χ0) is 24.7. The summed E-state index contributed by atoms with van der Waals surface area (Å²) in [6, 6.07) is 9.10. The molecule has 2 aromatic carbocycles. The highest BCUT2D eigenvalue weighted by Crippen LogP contribution is 2.45. The second-order valence-electron chi connectivity index (χ2n) is 8.81. The van der Waals surface area contributed by atoms with Gasteiger partial charge >= 0.3 is 6.09 Å². The molecule has 2 amide bonds. The molecule has 0 bridgehead atoms. The highest BCUT2D eigenvalue weighted by Gasteiger charge is 2.48. The molecule has 2 aliphatic rings. The summed E-state index contributed by atoms with van der Waals surface area (Å²) in [4.78, 5) is 34.6. The molecule has 1 saturated heterocycles. The van der Waals surface area contributed by atoms with E-state index in [0.29, 0.717) is 31.5 Å². The zero-order valence-corrected chi connectivity index (χ0v) is 19.7. The van der Waals surface area contributed by atoms with Crippen molar-refractivity contribution in [3.63, 3.8) is 0 Å². The third-order valence-electron chi connectivity index (χ3n) is 6.66. The summed E-state index contributed by atoms with van der Waals surface area (Å²) >= 11 is 6.02. The number of imidazole rings is 1. The molecule has 3 aromatic rings. The molecule has 5 rings (SSSR count). The number of hydrogen-bond acceptors (Lipinski definition) is 4. The minimum absolute atomic E-state index is 0.0330. The van der Waals surface area contributed by atoms with Crippen molar-refractivity contribution in [2.75, 3.05) is 18.4 Å². The van der Waals surface area contributed by atoms with Gasteiger partial charge in [-0.2, -0.15) is 0 Å². The number of nitrogens with zero attached hydrogens (tertiary/aromatic N) is 2. The number of anilines is 1. The Morgan fingerprint density at radius 3 is 2.77 bits per heavy atom. The van der Waals surface area contributed by atoms with E-state index in [2.05, 4.69) is 15.3 Å². The topological polar surface area (TPSA) is 87.3 Å². The Labute approximate surface area is 205 Å². The number of amides is 2. The lowest BCUT2D eigenvalue weighted by Crippen LogP contribution is -2.53. The molecule has 1 spiro atoms. The van der Waals surface area contributed by atoms with Crippen molar-refractivity contribution in [2.24, 2.45) is 0 Å². The lowest BCUT2D eigenvalue weighted by molar-refractivity contribution is -0.0420. The molecule has 0 aliphatic carbocycles. The van der Waals surface area contributed by atoms with Crippen molar-refractivity contribution in [3.05, 3.63) is 81.9 Å². The summed E-state index contributed by atoms with van der Waals surface area (Å²) in [5.41, 5.74) is 0.621. The monoisotopic (exact) mass is 500 g/mol. The van der Waals surface area contributed by atoms with Crippen LogP contribution in [0.25, 0.3) is 0 Å². The van der Waals surface area contributed by atoms with Gasteiger partial charge in [0.1, 0.15) is 5.82 Å². The van der Waals surface area contributed by atoms with E-state index >= 15 is 4.39 Å². The summed E-state index contributed by atoms with van der Waals surface area (Å²) in [6.07, 6.45) is 2.50. The van der Waals surface area contributed by atoms with E-state index in [1.165, 1.54) is 29.2 Å². The Morgan fingerprint density at radius 1 is 1.26 bits per heavy atom. The van der Waals surface area contributed by atoms with E-state index in [4.69, 9.17) is 16.3 Å². The van der Waals surface area contributed by atoms with Crippen LogP contribution in [0, 0.1) is 11.6 Å². The minimum Gasteiger partial charge on any atom is -0.436 e. The normalized spacial score (nSPS) is 20.2. The number of hydrogen-bond donors (Lipinski definition) is 2. The fraction of sp³-hybridized carbons (Fsp3) is 0.320. The molecular weight excluding hydrogens is 478 g/mol. The number of rotatable bonds is 4. The molecule has 1 unspecified atom stereocenters. The van der Waals surface area contributed by atoms with Gasteiger partial charge in [-0.1, -0.05) is 30.7 Å². The van der Waals surface area contributed by atoms with Crippen LogP contribution in [-0.4, -0.2) is 40.0 Å². The number of nitrogens with one attached hydrogen (secondary N) is 2. The Morgan fingerprint density at radius 2 is 2.03 bits per heavy atom. The first kappa shape index (κ1) is 23.3. The fourth-order valence-corrected chi connectivity index (χ4v) is 5.19. The van der Waals surface area contributed by atoms with Crippen LogP contribution in [0.2, 0.25) is 5.02 Å². The van der Waals surface area contributed by atoms with E-state index in [1.54, 1.807) is 18.3 Å². The van der Waals surface area contributed by atoms with E-state index in [1.807, 2.05) is 6.92 Å². The Hall–Kier alpha value is -3.46. The number of aromatic nitrogens is 2. The first-order valence-corrected chi connectivity index (χ1v) is 11.8. The van der Waals surface area contributed by atoms with Gasteiger partial charge in [0.05, 0.1) is 28.5 Å². The number of carbonyl (C=O) groups excluding carboxylic acids is 2. The van der Waals surface area contributed by atoms with E-state index in [9.17, 15) is 14.0 Å². The molecule has 3 heterocycles. The lowest BCUT2D eigenvalue weighted by Gasteiger charge is -2.44. The summed E-state index contributed by atoms with van der Waals surface area (Å²) in [5.74, 6) is -1.37. The van der Waals surface area contributed by atoms with Crippen molar-refractivity contribution < 1.29 is 23.1 Å². The minimum atomic E-state index is -1.35. The van der Waals surface area contributed by atoms with Crippen molar-refractivity contribution >= 4 is 29.3 Å². The average Bonchev–Trinajstić information content (AvgIpc) is 3.32. The van der Waals surface area contributed by atoms with Gasteiger partial charge in [0.15, 0.2) is 17.2 Å². The van der Waals surface area contributed by atoms with E-state index in [0.717, 1.165) is 5.56 Å². The van der Waals surface area contributed by atoms with Crippen LogP contribution < -0.4 is 5.32 Å². The number of piperidine rings is 1.